The van der Waals surface area contributed by atoms with E-state index in [-0.39, 0.29) is 24.5 Å². The predicted octanol–water partition coefficient (Wildman–Crippen LogP) is 1.97. The lowest BCUT2D eigenvalue weighted by atomic mass is 10.00. The molecule has 0 aromatic heterocycles. The molecule has 0 radical (unpaired) electrons. The number of carbonyl (C=O) groups excluding carboxylic acids is 1. The highest BCUT2D eigenvalue weighted by molar-refractivity contribution is 5.68. The first-order chi connectivity index (χ1) is 9.65. The summed E-state index contributed by atoms with van der Waals surface area (Å²) < 4.78 is 18.6. The molecule has 1 heterocycles. The van der Waals surface area contributed by atoms with Crippen LogP contribution in [0.4, 0.5) is 9.18 Å². The van der Waals surface area contributed by atoms with E-state index in [9.17, 15) is 14.3 Å². The van der Waals surface area contributed by atoms with E-state index in [2.05, 4.69) is 0 Å². The van der Waals surface area contributed by atoms with Gasteiger partial charge in [0.2, 0.25) is 0 Å². The Hall–Kier alpha value is -1.62. The number of hydrogen-bond acceptors (Lipinski definition) is 3. The molecule has 1 aliphatic carbocycles. The van der Waals surface area contributed by atoms with Crippen molar-refractivity contribution in [3.63, 3.8) is 0 Å². The van der Waals surface area contributed by atoms with E-state index >= 15 is 0 Å². The molecule has 2 fully saturated rings. The first kappa shape index (κ1) is 13.4. The van der Waals surface area contributed by atoms with E-state index in [4.69, 9.17) is 4.74 Å². The van der Waals surface area contributed by atoms with Crippen LogP contribution < -0.4 is 0 Å². The summed E-state index contributed by atoms with van der Waals surface area (Å²) in [5, 5.41) is 9.72. The van der Waals surface area contributed by atoms with Gasteiger partial charge in [-0.1, -0.05) is 30.3 Å². The van der Waals surface area contributed by atoms with Gasteiger partial charge in [0, 0.05) is 19.0 Å². The minimum absolute atomic E-state index is 0.0595. The van der Waals surface area contributed by atoms with E-state index in [0.717, 1.165) is 5.56 Å². The molecule has 1 N–H and O–H groups in total. The Morgan fingerprint density at radius 3 is 2.80 bits per heavy atom. The number of benzene rings is 1. The van der Waals surface area contributed by atoms with Gasteiger partial charge >= 0.3 is 6.09 Å². The van der Waals surface area contributed by atoms with Gasteiger partial charge in [-0.15, -0.1) is 0 Å². The maximum Gasteiger partial charge on any atom is 0.410 e. The summed E-state index contributed by atoms with van der Waals surface area (Å²) >= 11 is 0. The fourth-order valence-corrected chi connectivity index (χ4v) is 3.19. The summed E-state index contributed by atoms with van der Waals surface area (Å²) in [6, 6.07) is 9.47. The first-order valence-electron chi connectivity index (χ1n) is 6.93. The van der Waals surface area contributed by atoms with Gasteiger partial charge in [0.05, 0.1) is 6.10 Å². The topological polar surface area (TPSA) is 49.8 Å². The van der Waals surface area contributed by atoms with Gasteiger partial charge in [0.15, 0.2) is 0 Å². The van der Waals surface area contributed by atoms with Crippen LogP contribution in [-0.2, 0) is 11.3 Å². The molecule has 1 saturated heterocycles. The minimum Gasteiger partial charge on any atom is -0.445 e. The van der Waals surface area contributed by atoms with Gasteiger partial charge in [0.1, 0.15) is 12.8 Å². The summed E-state index contributed by atoms with van der Waals surface area (Å²) in [7, 11) is 0. The fraction of sp³-hybridized carbons (Fsp3) is 0.533. The average Bonchev–Trinajstić information content (AvgIpc) is 2.98. The molecular formula is C15H18FNO3. The first-order valence-corrected chi connectivity index (χ1v) is 6.93. The second kappa shape index (κ2) is 5.40. The van der Waals surface area contributed by atoms with Crippen LogP contribution in [0.3, 0.4) is 0 Å². The molecule has 0 bridgehead atoms. The van der Waals surface area contributed by atoms with Gasteiger partial charge in [0.25, 0.3) is 0 Å². The maximum atomic E-state index is 13.4. The van der Waals surface area contributed by atoms with Gasteiger partial charge in [-0.2, -0.15) is 0 Å². The third kappa shape index (κ3) is 2.50. The summed E-state index contributed by atoms with van der Waals surface area (Å²) in [6.45, 7) is 1.11. The lowest BCUT2D eigenvalue weighted by Crippen LogP contribution is -2.33. The maximum absolute atomic E-state index is 13.4. The Kier molecular flexibility index (Phi) is 3.61. The number of hydrogen-bond donors (Lipinski definition) is 1. The summed E-state index contributed by atoms with van der Waals surface area (Å²) in [5.74, 6) is -0.0847. The molecule has 2 aliphatic rings. The molecule has 4 nitrogen and oxygen atoms in total. The monoisotopic (exact) mass is 279 g/mol. The second-order valence-corrected chi connectivity index (χ2v) is 5.61. The summed E-state index contributed by atoms with van der Waals surface area (Å²) in [5.41, 5.74) is 0.934. The van der Waals surface area contributed by atoms with Gasteiger partial charge < -0.3 is 14.7 Å². The van der Waals surface area contributed by atoms with E-state index in [1.54, 1.807) is 4.90 Å². The number of nitrogens with zero attached hydrogens (tertiary/aromatic N) is 1. The lowest BCUT2D eigenvalue weighted by Gasteiger charge is -2.19. The lowest BCUT2D eigenvalue weighted by molar-refractivity contribution is 0.0588. The molecule has 0 unspecified atom stereocenters. The van der Waals surface area contributed by atoms with Crippen molar-refractivity contribution in [3.05, 3.63) is 35.9 Å². The zero-order valence-electron chi connectivity index (χ0n) is 11.1. The molecule has 1 amide bonds. The Morgan fingerprint density at radius 2 is 2.10 bits per heavy atom. The van der Waals surface area contributed by atoms with E-state index < -0.39 is 12.3 Å². The van der Waals surface area contributed by atoms with Crippen molar-refractivity contribution in [1.82, 2.24) is 4.90 Å². The van der Waals surface area contributed by atoms with Crippen LogP contribution in [0.5, 0.6) is 0 Å². The van der Waals surface area contributed by atoms with Crippen molar-refractivity contribution < 1.29 is 19.0 Å². The highest BCUT2D eigenvalue weighted by atomic mass is 19.1. The third-order valence-electron chi connectivity index (χ3n) is 4.29. The van der Waals surface area contributed by atoms with Crippen LogP contribution >= 0.6 is 0 Å². The number of rotatable bonds is 2. The van der Waals surface area contributed by atoms with Crippen molar-refractivity contribution >= 4 is 6.09 Å². The van der Waals surface area contributed by atoms with Crippen LogP contribution in [0.2, 0.25) is 0 Å². The molecule has 1 aromatic rings. The highest BCUT2D eigenvalue weighted by Crippen LogP contribution is 2.39. The van der Waals surface area contributed by atoms with Crippen LogP contribution in [0.1, 0.15) is 12.0 Å². The van der Waals surface area contributed by atoms with E-state index in [0.29, 0.717) is 19.5 Å². The number of likely N-dealkylation sites (tertiary alicyclic amines) is 1. The number of alkyl halides is 1. The van der Waals surface area contributed by atoms with Crippen LogP contribution in [0.15, 0.2) is 30.3 Å². The number of ether oxygens (including phenoxy) is 1. The van der Waals surface area contributed by atoms with Gasteiger partial charge in [-0.05, 0) is 17.9 Å². The van der Waals surface area contributed by atoms with E-state index in [1.807, 2.05) is 30.3 Å². The summed E-state index contributed by atoms with van der Waals surface area (Å²) in [6.07, 6.45) is -2.13. The minimum atomic E-state index is -1.15. The molecule has 0 spiro atoms. The molecule has 1 saturated carbocycles. The molecule has 5 heteroatoms. The predicted molar refractivity (Wildman–Crippen MR) is 70.7 cm³/mol. The summed E-state index contributed by atoms with van der Waals surface area (Å²) in [4.78, 5) is 13.5. The van der Waals surface area contributed by atoms with Crippen LogP contribution in [-0.4, -0.2) is 41.5 Å². The molecular weight excluding hydrogens is 261 g/mol. The molecule has 1 aliphatic heterocycles. The normalized spacial score (nSPS) is 32.2. The molecule has 4 atom stereocenters. The van der Waals surface area contributed by atoms with Gasteiger partial charge in [-0.3, -0.25) is 0 Å². The number of aliphatic hydroxyl groups is 1. The number of fused-ring (bicyclic) bond motifs is 1. The number of halogens is 1. The Morgan fingerprint density at radius 1 is 1.35 bits per heavy atom. The van der Waals surface area contributed by atoms with Crippen LogP contribution in [0, 0.1) is 11.8 Å². The molecule has 3 rings (SSSR count). The smallest absolute Gasteiger partial charge is 0.410 e. The standard InChI is InChI=1S/C15H18FNO3/c16-13-6-11-7-17(8-12(11)14(13)18)15(19)20-9-10-4-2-1-3-5-10/h1-5,11-14,18H,6-9H2/t11-,12+,13-,14+/m0/s1. The molecule has 20 heavy (non-hydrogen) atoms. The van der Waals surface area contributed by atoms with E-state index in [1.165, 1.54) is 0 Å². The van der Waals surface area contributed by atoms with Crippen molar-refractivity contribution in [1.29, 1.82) is 0 Å². The molecule has 108 valence electrons. The zero-order valence-corrected chi connectivity index (χ0v) is 11.1. The zero-order chi connectivity index (χ0) is 14.1. The highest BCUT2D eigenvalue weighted by Gasteiger charge is 2.49. The Balaban J connectivity index is 1.53. The molecule has 1 aromatic carbocycles. The number of carbonyl (C=O) groups is 1. The SMILES string of the molecule is O=C(OCc1ccccc1)N1C[C@@H]2C[C@H](F)[C@H](O)[C@@H]2C1. The van der Waals surface area contributed by atoms with Gasteiger partial charge in [-0.25, -0.2) is 9.18 Å². The Bertz CT molecular complexity index is 481. The van der Waals surface area contributed by atoms with Crippen molar-refractivity contribution in [2.24, 2.45) is 11.8 Å². The fourth-order valence-electron chi connectivity index (χ4n) is 3.19. The van der Waals surface area contributed by atoms with Crippen molar-refractivity contribution in [2.75, 3.05) is 13.1 Å². The van der Waals surface area contributed by atoms with Crippen molar-refractivity contribution in [3.8, 4) is 0 Å². The number of amides is 1. The largest absolute Gasteiger partial charge is 0.445 e. The Labute approximate surface area is 117 Å². The van der Waals surface area contributed by atoms with Crippen molar-refractivity contribution in [2.45, 2.75) is 25.3 Å². The number of aliphatic hydroxyl groups excluding tert-OH is 1. The van der Waals surface area contributed by atoms with Crippen LogP contribution in [0.25, 0.3) is 0 Å². The average molecular weight is 279 g/mol. The quantitative estimate of drug-likeness (QED) is 0.900. The third-order valence-corrected chi connectivity index (χ3v) is 4.29. The second-order valence-electron chi connectivity index (χ2n) is 5.61.